The molecule has 7 heteroatoms. The third-order valence-corrected chi connectivity index (χ3v) is 6.73. The van der Waals surface area contributed by atoms with E-state index >= 15 is 0 Å². The number of carbonyl (C=O) groups excluding carboxylic acids is 3. The number of ether oxygens (including phenoxy) is 1. The van der Waals surface area contributed by atoms with Gasteiger partial charge in [0.15, 0.2) is 0 Å². The quantitative estimate of drug-likeness (QED) is 0.720. The van der Waals surface area contributed by atoms with Crippen LogP contribution in [0.3, 0.4) is 0 Å². The first-order chi connectivity index (χ1) is 15.9. The summed E-state index contributed by atoms with van der Waals surface area (Å²) >= 11 is 0. The fourth-order valence-corrected chi connectivity index (χ4v) is 4.71. The molecule has 7 nitrogen and oxygen atoms in total. The molecule has 174 valence electrons. The van der Waals surface area contributed by atoms with E-state index in [4.69, 9.17) is 4.74 Å². The summed E-state index contributed by atoms with van der Waals surface area (Å²) in [4.78, 5) is 44.8. The molecule has 4 rings (SSSR count). The van der Waals surface area contributed by atoms with Crippen LogP contribution in [0.5, 0.6) is 0 Å². The topological polar surface area (TPSA) is 70.2 Å². The minimum absolute atomic E-state index is 0.0224. The highest BCUT2D eigenvalue weighted by atomic mass is 16.5. The number of amides is 3. The third-order valence-electron chi connectivity index (χ3n) is 6.73. The molecule has 0 N–H and O–H groups in total. The number of rotatable bonds is 4. The molecule has 0 bridgehead atoms. The molecule has 2 heterocycles. The average molecular weight is 450 g/mol. The highest BCUT2D eigenvalue weighted by Crippen LogP contribution is 2.39. The van der Waals surface area contributed by atoms with Crippen LogP contribution in [0.25, 0.3) is 0 Å². The number of piperidine rings is 1. The Hall–Kier alpha value is -3.19. The summed E-state index contributed by atoms with van der Waals surface area (Å²) in [6.07, 6.45) is 0.922. The lowest BCUT2D eigenvalue weighted by atomic mass is 9.96. The standard InChI is InChI=1S/C26H31N3O4/c1-4-27(3)25(32)22-18-33-26(29(22)24(31)20-10-6-5-7-11-20)13-15-28(16-14-26)23(30)21-12-8-9-19(2)17-21/h5-12,17,22H,4,13-16,18H2,1-3H3. The zero-order valence-corrected chi connectivity index (χ0v) is 19.5. The Labute approximate surface area is 194 Å². The van der Waals surface area contributed by atoms with Crippen LogP contribution < -0.4 is 0 Å². The highest BCUT2D eigenvalue weighted by Gasteiger charge is 2.54. The van der Waals surface area contributed by atoms with Gasteiger partial charge in [0.1, 0.15) is 11.8 Å². The van der Waals surface area contributed by atoms with E-state index in [0.29, 0.717) is 43.6 Å². The van der Waals surface area contributed by atoms with Crippen LogP contribution in [0.15, 0.2) is 54.6 Å². The van der Waals surface area contributed by atoms with Gasteiger partial charge in [-0.3, -0.25) is 19.3 Å². The largest absolute Gasteiger partial charge is 0.353 e. The lowest BCUT2D eigenvalue weighted by molar-refractivity contribution is -0.136. The van der Waals surface area contributed by atoms with Gasteiger partial charge in [0, 0.05) is 50.7 Å². The predicted octanol–water partition coefficient (Wildman–Crippen LogP) is 2.95. The van der Waals surface area contributed by atoms with Gasteiger partial charge in [0.25, 0.3) is 11.8 Å². The molecule has 2 aromatic rings. The molecule has 2 fully saturated rings. The summed E-state index contributed by atoms with van der Waals surface area (Å²) in [5, 5.41) is 0. The summed E-state index contributed by atoms with van der Waals surface area (Å²) in [5.74, 6) is -0.364. The van der Waals surface area contributed by atoms with Crippen LogP contribution in [0, 0.1) is 6.92 Å². The van der Waals surface area contributed by atoms with Crippen LogP contribution in [0.4, 0.5) is 0 Å². The summed E-state index contributed by atoms with van der Waals surface area (Å²) in [6.45, 7) is 5.49. The van der Waals surface area contributed by atoms with Gasteiger partial charge in [-0.05, 0) is 38.1 Å². The number of likely N-dealkylation sites (tertiary alicyclic amines) is 1. The Morgan fingerprint density at radius 2 is 1.67 bits per heavy atom. The summed E-state index contributed by atoms with van der Waals surface area (Å²) in [6, 6.07) is 15.9. The lowest BCUT2D eigenvalue weighted by Gasteiger charge is -2.44. The van der Waals surface area contributed by atoms with Gasteiger partial charge >= 0.3 is 0 Å². The third kappa shape index (κ3) is 4.37. The van der Waals surface area contributed by atoms with Crippen molar-refractivity contribution in [2.24, 2.45) is 0 Å². The predicted molar refractivity (Wildman–Crippen MR) is 125 cm³/mol. The number of carbonyl (C=O) groups is 3. The van der Waals surface area contributed by atoms with Gasteiger partial charge in [0.2, 0.25) is 5.91 Å². The van der Waals surface area contributed by atoms with Crippen molar-refractivity contribution in [1.82, 2.24) is 14.7 Å². The van der Waals surface area contributed by atoms with E-state index in [0.717, 1.165) is 5.56 Å². The first-order valence-electron chi connectivity index (χ1n) is 11.5. The smallest absolute Gasteiger partial charge is 0.256 e. The summed E-state index contributed by atoms with van der Waals surface area (Å²) in [7, 11) is 1.74. The molecule has 2 aromatic carbocycles. The number of hydrogen-bond donors (Lipinski definition) is 0. The first kappa shape index (κ1) is 23.0. The SMILES string of the molecule is CCN(C)C(=O)C1COC2(CCN(C(=O)c3cccc(C)c3)CC2)N1C(=O)c1ccccc1. The van der Waals surface area contributed by atoms with Crippen molar-refractivity contribution < 1.29 is 19.1 Å². The van der Waals surface area contributed by atoms with E-state index in [-0.39, 0.29) is 24.3 Å². The number of nitrogens with zero attached hydrogens (tertiary/aromatic N) is 3. The molecule has 1 unspecified atom stereocenters. The van der Waals surface area contributed by atoms with Crippen LogP contribution in [-0.4, -0.2) is 77.5 Å². The Morgan fingerprint density at radius 1 is 1.00 bits per heavy atom. The highest BCUT2D eigenvalue weighted by molar-refractivity contribution is 5.98. The van der Waals surface area contributed by atoms with Crippen LogP contribution in [-0.2, 0) is 9.53 Å². The van der Waals surface area contributed by atoms with E-state index in [9.17, 15) is 14.4 Å². The van der Waals surface area contributed by atoms with Gasteiger partial charge in [-0.1, -0.05) is 35.9 Å². The maximum atomic E-state index is 13.6. The molecule has 0 aromatic heterocycles. The molecule has 33 heavy (non-hydrogen) atoms. The normalized spacial score (nSPS) is 19.5. The zero-order valence-electron chi connectivity index (χ0n) is 19.5. The minimum Gasteiger partial charge on any atom is -0.353 e. The van der Waals surface area contributed by atoms with Crippen molar-refractivity contribution in [3.05, 3.63) is 71.3 Å². The van der Waals surface area contributed by atoms with Gasteiger partial charge in [-0.25, -0.2) is 0 Å². The second-order valence-electron chi connectivity index (χ2n) is 8.83. The maximum Gasteiger partial charge on any atom is 0.256 e. The molecule has 0 aliphatic carbocycles. The molecule has 2 saturated heterocycles. The molecular weight excluding hydrogens is 418 g/mol. The molecular formula is C26H31N3O4. The second-order valence-corrected chi connectivity index (χ2v) is 8.83. The molecule has 1 atom stereocenters. The van der Waals surface area contributed by atoms with Crippen molar-refractivity contribution in [2.45, 2.75) is 38.5 Å². The van der Waals surface area contributed by atoms with E-state index < -0.39 is 11.8 Å². The fourth-order valence-electron chi connectivity index (χ4n) is 4.71. The first-order valence-corrected chi connectivity index (χ1v) is 11.5. The molecule has 3 amide bonds. The zero-order chi connectivity index (χ0) is 23.6. The van der Waals surface area contributed by atoms with Gasteiger partial charge in [0.05, 0.1) is 6.61 Å². The van der Waals surface area contributed by atoms with E-state index in [2.05, 4.69) is 0 Å². The van der Waals surface area contributed by atoms with Crippen LogP contribution in [0.2, 0.25) is 0 Å². The molecule has 1 spiro atoms. The number of benzene rings is 2. The number of hydrogen-bond acceptors (Lipinski definition) is 4. The molecule has 2 aliphatic heterocycles. The van der Waals surface area contributed by atoms with Crippen molar-refractivity contribution in [3.8, 4) is 0 Å². The molecule has 2 aliphatic rings. The molecule has 0 saturated carbocycles. The summed E-state index contributed by atoms with van der Waals surface area (Å²) in [5.41, 5.74) is 1.32. The van der Waals surface area contributed by atoms with Crippen LogP contribution >= 0.6 is 0 Å². The molecule has 0 radical (unpaired) electrons. The number of aryl methyl sites for hydroxylation is 1. The fraction of sp³-hybridized carbons (Fsp3) is 0.423. The Bertz CT molecular complexity index is 1030. The Kier molecular flexibility index (Phi) is 6.51. The van der Waals surface area contributed by atoms with Crippen molar-refractivity contribution in [3.63, 3.8) is 0 Å². The van der Waals surface area contributed by atoms with E-state index in [1.807, 2.05) is 61.2 Å². The minimum atomic E-state index is -0.898. The van der Waals surface area contributed by atoms with E-state index in [1.165, 1.54) is 0 Å². The van der Waals surface area contributed by atoms with Gasteiger partial charge in [-0.15, -0.1) is 0 Å². The average Bonchev–Trinajstić information content (AvgIpc) is 3.21. The van der Waals surface area contributed by atoms with E-state index in [1.54, 1.807) is 29.0 Å². The Morgan fingerprint density at radius 3 is 2.30 bits per heavy atom. The van der Waals surface area contributed by atoms with Crippen molar-refractivity contribution in [2.75, 3.05) is 33.3 Å². The van der Waals surface area contributed by atoms with Gasteiger partial charge < -0.3 is 14.5 Å². The maximum absolute atomic E-state index is 13.6. The summed E-state index contributed by atoms with van der Waals surface area (Å²) < 4.78 is 6.24. The van der Waals surface area contributed by atoms with Crippen LogP contribution in [0.1, 0.15) is 46.0 Å². The lowest BCUT2D eigenvalue weighted by Crippen LogP contribution is -2.59. The van der Waals surface area contributed by atoms with Gasteiger partial charge in [-0.2, -0.15) is 0 Å². The monoisotopic (exact) mass is 449 g/mol. The van der Waals surface area contributed by atoms with Crippen molar-refractivity contribution >= 4 is 17.7 Å². The number of likely N-dealkylation sites (N-methyl/N-ethyl adjacent to an activating group) is 1. The second kappa shape index (κ2) is 9.35. The Balaban J connectivity index is 1.58. The van der Waals surface area contributed by atoms with Crippen molar-refractivity contribution in [1.29, 1.82) is 0 Å².